The Hall–Kier alpha value is -4.49. The van der Waals surface area contributed by atoms with E-state index in [1.807, 2.05) is 0 Å². The fraction of sp³-hybridized carbons (Fsp3) is 0.208. The molecule has 1 saturated heterocycles. The van der Waals surface area contributed by atoms with Crippen LogP contribution < -0.4 is 15.8 Å². The number of likely N-dealkylation sites (tertiary alicyclic amines) is 1. The van der Waals surface area contributed by atoms with E-state index < -0.39 is 12.5 Å². The molecule has 0 unspecified atom stereocenters. The monoisotopic (exact) mass is 458 g/mol. The summed E-state index contributed by atoms with van der Waals surface area (Å²) >= 11 is 0. The Labute approximate surface area is 195 Å². The summed E-state index contributed by atoms with van der Waals surface area (Å²) < 4.78 is 5.96. The van der Waals surface area contributed by atoms with Crippen LogP contribution in [0.5, 0.6) is 5.75 Å². The number of rotatable bonds is 7. The van der Waals surface area contributed by atoms with Crippen LogP contribution in [0.25, 0.3) is 11.4 Å². The third kappa shape index (κ3) is 5.11. The molecule has 34 heavy (non-hydrogen) atoms. The van der Waals surface area contributed by atoms with Crippen LogP contribution in [0.3, 0.4) is 0 Å². The summed E-state index contributed by atoms with van der Waals surface area (Å²) in [6, 6.07) is 15.6. The number of nitriles is 1. The average Bonchev–Trinajstić information content (AvgIpc) is 3.33. The van der Waals surface area contributed by atoms with E-state index in [-0.39, 0.29) is 12.0 Å². The zero-order valence-corrected chi connectivity index (χ0v) is 18.1. The molecule has 0 spiro atoms. The molecule has 0 bridgehead atoms. The van der Waals surface area contributed by atoms with Crippen molar-refractivity contribution >= 4 is 23.3 Å². The standard InChI is InChI=1S/C24H22N6O4/c25-12-17-11-16(3-6-20(17)34-19-8-10-30(13-19)22(32)14-31)24-27-9-7-21(29-24)28-18-4-1-15(2-5-18)23(26)33/h1-7,9,11,19,31H,8,10,13-14H2,(H2,26,33)(H,27,28,29)/t19-/m1/s1. The van der Waals surface area contributed by atoms with E-state index >= 15 is 0 Å². The van der Waals surface area contributed by atoms with E-state index in [4.69, 9.17) is 15.6 Å². The highest BCUT2D eigenvalue weighted by molar-refractivity contribution is 5.93. The molecule has 4 rings (SSSR count). The van der Waals surface area contributed by atoms with Crippen molar-refractivity contribution in [3.8, 4) is 23.2 Å². The fourth-order valence-corrected chi connectivity index (χ4v) is 3.62. The number of hydrogen-bond acceptors (Lipinski definition) is 8. The first-order valence-electron chi connectivity index (χ1n) is 10.6. The predicted octanol–water partition coefficient (Wildman–Crippen LogP) is 1.83. The van der Waals surface area contributed by atoms with E-state index in [1.54, 1.807) is 59.6 Å². The van der Waals surface area contributed by atoms with Gasteiger partial charge in [0, 0.05) is 36.0 Å². The van der Waals surface area contributed by atoms with Gasteiger partial charge < -0.3 is 25.8 Å². The van der Waals surface area contributed by atoms with Gasteiger partial charge in [-0.05, 0) is 48.5 Å². The lowest BCUT2D eigenvalue weighted by molar-refractivity contribution is -0.133. The van der Waals surface area contributed by atoms with E-state index in [9.17, 15) is 14.9 Å². The van der Waals surface area contributed by atoms with Gasteiger partial charge in [0.15, 0.2) is 5.82 Å². The second-order valence-electron chi connectivity index (χ2n) is 7.68. The van der Waals surface area contributed by atoms with Crippen molar-refractivity contribution < 1.29 is 19.4 Å². The number of aliphatic hydroxyl groups is 1. The van der Waals surface area contributed by atoms with E-state index in [0.29, 0.717) is 53.6 Å². The van der Waals surface area contributed by atoms with Crippen LogP contribution in [0.1, 0.15) is 22.3 Å². The maximum atomic E-state index is 11.7. The van der Waals surface area contributed by atoms with Crippen LogP contribution in [0.15, 0.2) is 54.7 Å². The minimum atomic E-state index is -0.530. The first-order chi connectivity index (χ1) is 16.5. The summed E-state index contributed by atoms with van der Waals surface area (Å²) in [5.41, 5.74) is 7.37. The number of carbonyl (C=O) groups excluding carboxylic acids is 2. The number of benzene rings is 2. The zero-order valence-electron chi connectivity index (χ0n) is 18.1. The molecule has 1 atom stereocenters. The number of ether oxygens (including phenoxy) is 1. The van der Waals surface area contributed by atoms with Crippen LogP contribution in [0, 0.1) is 11.3 Å². The van der Waals surface area contributed by atoms with Gasteiger partial charge in [-0.25, -0.2) is 9.97 Å². The molecule has 10 heteroatoms. The van der Waals surface area contributed by atoms with Crippen LogP contribution in [0.4, 0.5) is 11.5 Å². The van der Waals surface area contributed by atoms with Crippen molar-refractivity contribution in [2.75, 3.05) is 25.0 Å². The number of aromatic nitrogens is 2. The molecule has 172 valence electrons. The van der Waals surface area contributed by atoms with Crippen LogP contribution in [-0.4, -0.2) is 57.6 Å². The van der Waals surface area contributed by atoms with Crippen molar-refractivity contribution in [2.45, 2.75) is 12.5 Å². The molecule has 2 aromatic carbocycles. The number of primary amides is 1. The minimum Gasteiger partial charge on any atom is -0.487 e. The summed E-state index contributed by atoms with van der Waals surface area (Å²) in [6.07, 6.45) is 1.97. The summed E-state index contributed by atoms with van der Waals surface area (Å²) in [4.78, 5) is 33.2. The van der Waals surface area contributed by atoms with Crippen LogP contribution >= 0.6 is 0 Å². The number of nitrogens with two attached hydrogens (primary N) is 1. The first kappa shape index (κ1) is 22.7. The number of aliphatic hydroxyl groups excluding tert-OH is 1. The SMILES string of the molecule is N#Cc1cc(-c2nccc(Nc3ccc(C(N)=O)cc3)n2)ccc1O[C@@H]1CCN(C(=O)CO)C1. The van der Waals surface area contributed by atoms with E-state index in [2.05, 4.69) is 21.4 Å². The maximum Gasteiger partial charge on any atom is 0.248 e. The molecule has 1 fully saturated rings. The van der Waals surface area contributed by atoms with Gasteiger partial charge in [0.1, 0.15) is 30.3 Å². The van der Waals surface area contributed by atoms with Crippen molar-refractivity contribution in [3.05, 3.63) is 65.9 Å². The Balaban J connectivity index is 1.49. The summed E-state index contributed by atoms with van der Waals surface area (Å²) in [7, 11) is 0. The lowest BCUT2D eigenvalue weighted by Crippen LogP contribution is -2.32. The lowest BCUT2D eigenvalue weighted by Gasteiger charge is -2.17. The smallest absolute Gasteiger partial charge is 0.248 e. The number of anilines is 2. The fourth-order valence-electron chi connectivity index (χ4n) is 3.62. The molecule has 1 aliphatic rings. The Morgan fingerprint density at radius 2 is 2.03 bits per heavy atom. The normalized spacial score (nSPS) is 14.9. The molecule has 1 aromatic heterocycles. The molecule has 10 nitrogen and oxygen atoms in total. The molecule has 1 aliphatic heterocycles. The minimum absolute atomic E-state index is 0.252. The number of amides is 2. The third-order valence-corrected chi connectivity index (χ3v) is 5.38. The van der Waals surface area contributed by atoms with Gasteiger partial charge in [0.2, 0.25) is 11.8 Å². The summed E-state index contributed by atoms with van der Waals surface area (Å²) in [5, 5.41) is 21.8. The van der Waals surface area contributed by atoms with Gasteiger partial charge in [-0.1, -0.05) is 0 Å². The molecule has 0 saturated carbocycles. The summed E-state index contributed by atoms with van der Waals surface area (Å²) in [6.45, 7) is 0.337. The Bertz CT molecular complexity index is 1260. The number of nitrogens with one attached hydrogen (secondary N) is 1. The molecular formula is C24H22N6O4. The highest BCUT2D eigenvalue weighted by Gasteiger charge is 2.27. The topological polar surface area (TPSA) is 154 Å². The molecular weight excluding hydrogens is 436 g/mol. The lowest BCUT2D eigenvalue weighted by atomic mass is 10.1. The zero-order chi connectivity index (χ0) is 24.1. The molecule has 4 N–H and O–H groups in total. The van der Waals surface area contributed by atoms with Crippen molar-refractivity contribution in [3.63, 3.8) is 0 Å². The van der Waals surface area contributed by atoms with Crippen LogP contribution in [0.2, 0.25) is 0 Å². The van der Waals surface area contributed by atoms with E-state index in [1.165, 1.54) is 0 Å². The van der Waals surface area contributed by atoms with Crippen LogP contribution in [-0.2, 0) is 4.79 Å². The maximum absolute atomic E-state index is 11.7. The highest BCUT2D eigenvalue weighted by Crippen LogP contribution is 2.28. The van der Waals surface area contributed by atoms with Gasteiger partial charge >= 0.3 is 0 Å². The van der Waals surface area contributed by atoms with Crippen molar-refractivity contribution in [1.82, 2.24) is 14.9 Å². The molecule has 0 aliphatic carbocycles. The number of hydrogen-bond donors (Lipinski definition) is 3. The third-order valence-electron chi connectivity index (χ3n) is 5.38. The quantitative estimate of drug-likeness (QED) is 0.484. The molecule has 2 heterocycles. The second kappa shape index (κ2) is 9.97. The van der Waals surface area contributed by atoms with Gasteiger partial charge in [0.25, 0.3) is 0 Å². The Morgan fingerprint density at radius 3 is 2.74 bits per heavy atom. The van der Waals surface area contributed by atoms with Gasteiger partial charge in [-0.2, -0.15) is 5.26 Å². The van der Waals surface area contributed by atoms with Crippen molar-refractivity contribution in [1.29, 1.82) is 5.26 Å². The van der Waals surface area contributed by atoms with E-state index in [0.717, 1.165) is 5.69 Å². The predicted molar refractivity (Wildman–Crippen MR) is 123 cm³/mol. The molecule has 2 amide bonds. The Kier molecular flexibility index (Phi) is 6.66. The number of carbonyl (C=O) groups is 2. The van der Waals surface area contributed by atoms with Gasteiger partial charge in [0.05, 0.1) is 12.1 Å². The first-order valence-corrected chi connectivity index (χ1v) is 10.6. The molecule has 3 aromatic rings. The average molecular weight is 458 g/mol. The number of nitrogens with zero attached hydrogens (tertiary/aromatic N) is 4. The van der Waals surface area contributed by atoms with Crippen molar-refractivity contribution in [2.24, 2.45) is 5.73 Å². The van der Waals surface area contributed by atoms with Gasteiger partial charge in [-0.15, -0.1) is 0 Å². The Morgan fingerprint density at radius 1 is 1.24 bits per heavy atom. The second-order valence-corrected chi connectivity index (χ2v) is 7.68. The molecule has 0 radical (unpaired) electrons. The summed E-state index contributed by atoms with van der Waals surface area (Å²) in [5.74, 6) is 0.535. The highest BCUT2D eigenvalue weighted by atomic mass is 16.5. The largest absolute Gasteiger partial charge is 0.487 e. The van der Waals surface area contributed by atoms with Gasteiger partial charge in [-0.3, -0.25) is 9.59 Å².